The number of anilines is 1. The Morgan fingerprint density at radius 1 is 0.871 bits per heavy atom. The number of benzene rings is 3. The normalized spacial score (nSPS) is 11.3. The van der Waals surface area contributed by atoms with Gasteiger partial charge in [-0.25, -0.2) is 8.42 Å². The average molecular weight is 437 g/mol. The molecule has 3 rings (SSSR count). The van der Waals surface area contributed by atoms with Gasteiger partial charge in [-0.05, 0) is 54.2 Å². The van der Waals surface area contributed by atoms with Gasteiger partial charge in [-0.1, -0.05) is 68.4 Å². The monoisotopic (exact) mass is 436 g/mol. The lowest BCUT2D eigenvalue weighted by molar-refractivity contribution is 0.0954. The SMILES string of the molecule is CC(C)c1ccc(CCCNC(=O)c2ccccc2NS(=O)(=O)c2ccccc2)cc1. The van der Waals surface area contributed by atoms with E-state index in [0.717, 1.165) is 12.8 Å². The fraction of sp³-hybridized carbons (Fsp3) is 0.240. The molecule has 0 spiro atoms. The van der Waals surface area contributed by atoms with Crippen LogP contribution < -0.4 is 10.0 Å². The third-order valence-corrected chi connectivity index (χ3v) is 6.43. The van der Waals surface area contributed by atoms with E-state index in [1.54, 1.807) is 42.5 Å². The van der Waals surface area contributed by atoms with Crippen molar-refractivity contribution in [2.24, 2.45) is 0 Å². The van der Waals surface area contributed by atoms with E-state index < -0.39 is 10.0 Å². The zero-order valence-electron chi connectivity index (χ0n) is 17.8. The van der Waals surface area contributed by atoms with Gasteiger partial charge in [0.2, 0.25) is 0 Å². The van der Waals surface area contributed by atoms with Gasteiger partial charge >= 0.3 is 0 Å². The van der Waals surface area contributed by atoms with Crippen molar-refractivity contribution in [3.8, 4) is 0 Å². The smallest absolute Gasteiger partial charge is 0.261 e. The Bertz CT molecular complexity index is 1110. The number of carbonyl (C=O) groups excluding carboxylic acids is 1. The number of para-hydroxylation sites is 1. The molecule has 6 heteroatoms. The maximum Gasteiger partial charge on any atom is 0.261 e. The van der Waals surface area contributed by atoms with E-state index >= 15 is 0 Å². The zero-order chi connectivity index (χ0) is 22.3. The Balaban J connectivity index is 1.58. The van der Waals surface area contributed by atoms with E-state index in [0.29, 0.717) is 18.0 Å². The maximum absolute atomic E-state index is 12.7. The minimum absolute atomic E-state index is 0.147. The van der Waals surface area contributed by atoms with Crippen LogP contribution >= 0.6 is 0 Å². The van der Waals surface area contributed by atoms with Gasteiger partial charge in [0.1, 0.15) is 0 Å². The molecule has 1 amide bonds. The second kappa shape index (κ2) is 10.3. The van der Waals surface area contributed by atoms with Crippen LogP contribution in [-0.4, -0.2) is 20.9 Å². The fourth-order valence-electron chi connectivity index (χ4n) is 3.23. The van der Waals surface area contributed by atoms with Crippen LogP contribution in [0.15, 0.2) is 83.8 Å². The summed E-state index contributed by atoms with van der Waals surface area (Å²) in [6.07, 6.45) is 1.66. The third kappa shape index (κ3) is 6.18. The fourth-order valence-corrected chi connectivity index (χ4v) is 4.33. The van der Waals surface area contributed by atoms with Gasteiger partial charge in [-0.3, -0.25) is 9.52 Å². The Labute approximate surface area is 184 Å². The molecule has 5 nitrogen and oxygen atoms in total. The predicted octanol–water partition coefficient (Wildman–Crippen LogP) is 4.97. The Hall–Kier alpha value is -3.12. The number of amides is 1. The van der Waals surface area contributed by atoms with Gasteiger partial charge in [0.25, 0.3) is 15.9 Å². The minimum Gasteiger partial charge on any atom is -0.352 e. The maximum atomic E-state index is 12.7. The van der Waals surface area contributed by atoms with Gasteiger partial charge in [0, 0.05) is 6.54 Å². The second-order valence-electron chi connectivity index (χ2n) is 7.72. The summed E-state index contributed by atoms with van der Waals surface area (Å²) in [6.45, 7) is 4.84. The van der Waals surface area contributed by atoms with Crippen molar-refractivity contribution >= 4 is 21.6 Å². The third-order valence-electron chi connectivity index (χ3n) is 5.04. The largest absolute Gasteiger partial charge is 0.352 e. The molecule has 0 aliphatic carbocycles. The number of hydrogen-bond donors (Lipinski definition) is 2. The molecule has 0 fully saturated rings. The first-order chi connectivity index (χ1) is 14.9. The molecular formula is C25H28N2O3S. The van der Waals surface area contributed by atoms with Crippen molar-refractivity contribution in [2.45, 2.75) is 37.5 Å². The van der Waals surface area contributed by atoms with Crippen LogP contribution in [0.1, 0.15) is 47.7 Å². The van der Waals surface area contributed by atoms with Crippen LogP contribution in [0, 0.1) is 0 Å². The number of aryl methyl sites for hydroxylation is 1. The topological polar surface area (TPSA) is 75.3 Å². The molecule has 0 saturated carbocycles. The lowest BCUT2D eigenvalue weighted by atomic mass is 10.0. The molecule has 3 aromatic carbocycles. The molecule has 2 N–H and O–H groups in total. The molecule has 0 aliphatic heterocycles. The lowest BCUT2D eigenvalue weighted by Crippen LogP contribution is -2.26. The molecule has 0 saturated heterocycles. The van der Waals surface area contributed by atoms with Crippen molar-refractivity contribution in [1.29, 1.82) is 0 Å². The molecule has 3 aromatic rings. The summed E-state index contributed by atoms with van der Waals surface area (Å²) in [5, 5.41) is 2.89. The molecule has 162 valence electrons. The van der Waals surface area contributed by atoms with Crippen molar-refractivity contribution in [3.63, 3.8) is 0 Å². The number of nitrogens with one attached hydrogen (secondary N) is 2. The van der Waals surface area contributed by atoms with Crippen molar-refractivity contribution in [1.82, 2.24) is 5.32 Å². The minimum atomic E-state index is -3.77. The molecule has 0 radical (unpaired) electrons. The summed E-state index contributed by atoms with van der Waals surface area (Å²) in [4.78, 5) is 12.8. The van der Waals surface area contributed by atoms with Gasteiger partial charge < -0.3 is 5.32 Å². The summed E-state index contributed by atoms with van der Waals surface area (Å²) in [5.74, 6) is 0.203. The first-order valence-electron chi connectivity index (χ1n) is 10.4. The Morgan fingerprint density at radius 2 is 1.52 bits per heavy atom. The number of hydrogen-bond acceptors (Lipinski definition) is 3. The van der Waals surface area contributed by atoms with Crippen molar-refractivity contribution < 1.29 is 13.2 Å². The molecule has 0 bridgehead atoms. The molecule has 0 aromatic heterocycles. The Morgan fingerprint density at radius 3 is 2.19 bits per heavy atom. The molecule has 31 heavy (non-hydrogen) atoms. The number of carbonyl (C=O) groups is 1. The summed E-state index contributed by atoms with van der Waals surface area (Å²) < 4.78 is 27.8. The zero-order valence-corrected chi connectivity index (χ0v) is 18.7. The van der Waals surface area contributed by atoms with Gasteiger partial charge in [-0.2, -0.15) is 0 Å². The second-order valence-corrected chi connectivity index (χ2v) is 9.40. The highest BCUT2D eigenvalue weighted by atomic mass is 32.2. The molecule has 0 heterocycles. The first-order valence-corrected chi connectivity index (χ1v) is 11.9. The van der Waals surface area contributed by atoms with E-state index in [1.165, 1.54) is 23.3 Å². The first kappa shape index (κ1) is 22.6. The van der Waals surface area contributed by atoms with Crippen molar-refractivity contribution in [3.05, 3.63) is 95.6 Å². The number of sulfonamides is 1. The van der Waals surface area contributed by atoms with E-state index in [-0.39, 0.29) is 16.5 Å². The number of rotatable bonds is 9. The summed E-state index contributed by atoms with van der Waals surface area (Å²) >= 11 is 0. The van der Waals surface area contributed by atoms with Gasteiger partial charge in [0.15, 0.2) is 0 Å². The van der Waals surface area contributed by atoms with Crippen LogP contribution in [0.4, 0.5) is 5.69 Å². The predicted molar refractivity (Wildman–Crippen MR) is 125 cm³/mol. The van der Waals surface area contributed by atoms with Crippen LogP contribution in [0.5, 0.6) is 0 Å². The summed E-state index contributed by atoms with van der Waals surface area (Å²) in [7, 11) is -3.77. The van der Waals surface area contributed by atoms with E-state index in [4.69, 9.17) is 0 Å². The van der Waals surface area contributed by atoms with E-state index in [2.05, 4.69) is 48.2 Å². The van der Waals surface area contributed by atoms with E-state index in [1.807, 2.05) is 0 Å². The van der Waals surface area contributed by atoms with Gasteiger partial charge in [0.05, 0.1) is 16.1 Å². The molecule has 0 atom stereocenters. The molecule has 0 unspecified atom stereocenters. The standard InChI is InChI=1S/C25H28N2O3S/c1-19(2)21-16-14-20(15-17-21)9-8-18-26-25(28)23-12-6-7-13-24(23)27-31(29,30)22-10-4-3-5-11-22/h3-7,10-17,19,27H,8-9,18H2,1-2H3,(H,26,28). The van der Waals surface area contributed by atoms with Crippen LogP contribution in [0.3, 0.4) is 0 Å². The summed E-state index contributed by atoms with van der Waals surface area (Å²) in [5.41, 5.74) is 3.10. The van der Waals surface area contributed by atoms with E-state index in [9.17, 15) is 13.2 Å². The van der Waals surface area contributed by atoms with Crippen molar-refractivity contribution in [2.75, 3.05) is 11.3 Å². The molecule has 0 aliphatic rings. The highest BCUT2D eigenvalue weighted by molar-refractivity contribution is 7.92. The highest BCUT2D eigenvalue weighted by Gasteiger charge is 2.18. The highest BCUT2D eigenvalue weighted by Crippen LogP contribution is 2.20. The average Bonchev–Trinajstić information content (AvgIpc) is 2.77. The summed E-state index contributed by atoms with van der Waals surface area (Å²) in [6, 6.07) is 23.3. The molecular weight excluding hydrogens is 408 g/mol. The van der Waals surface area contributed by atoms with Crippen LogP contribution in [0.2, 0.25) is 0 Å². The van der Waals surface area contributed by atoms with Crippen LogP contribution in [0.25, 0.3) is 0 Å². The van der Waals surface area contributed by atoms with Gasteiger partial charge in [-0.15, -0.1) is 0 Å². The lowest BCUT2D eigenvalue weighted by Gasteiger charge is -2.13. The quantitative estimate of drug-likeness (QED) is 0.465. The Kier molecular flexibility index (Phi) is 7.47. The van der Waals surface area contributed by atoms with Crippen LogP contribution in [-0.2, 0) is 16.4 Å².